The highest BCUT2D eigenvalue weighted by Gasteiger charge is 1.91. The summed E-state index contributed by atoms with van der Waals surface area (Å²) in [7, 11) is 0. The second kappa shape index (κ2) is 12.7. The van der Waals surface area contributed by atoms with Gasteiger partial charge in [0, 0.05) is 0 Å². The fraction of sp³-hybridized carbons (Fsp3) is 0.619. The maximum Gasteiger partial charge on any atom is -0.0288 e. The van der Waals surface area contributed by atoms with E-state index in [1.54, 1.807) is 0 Å². The van der Waals surface area contributed by atoms with Gasteiger partial charge in [-0.15, -0.1) is 0 Å². The van der Waals surface area contributed by atoms with Crippen LogP contribution >= 0.6 is 0 Å². The van der Waals surface area contributed by atoms with E-state index >= 15 is 0 Å². The van der Waals surface area contributed by atoms with Crippen molar-refractivity contribution in [3.63, 3.8) is 0 Å². The maximum atomic E-state index is 2.41. The first-order chi connectivity index (χ1) is 9.95. The molecule has 0 radical (unpaired) electrons. The quantitative estimate of drug-likeness (QED) is 0.287. The van der Waals surface area contributed by atoms with Gasteiger partial charge in [0.15, 0.2) is 0 Å². The van der Waals surface area contributed by atoms with Crippen molar-refractivity contribution in [2.24, 2.45) is 0 Å². The average Bonchev–Trinajstić information content (AvgIpc) is 2.43. The number of rotatable bonds is 10. The molecule has 0 rings (SSSR count). The maximum absolute atomic E-state index is 2.41. The summed E-state index contributed by atoms with van der Waals surface area (Å²) in [4.78, 5) is 0. The molecule has 0 saturated heterocycles. The van der Waals surface area contributed by atoms with Gasteiger partial charge in [-0.25, -0.2) is 0 Å². The molecule has 0 aliphatic heterocycles. The van der Waals surface area contributed by atoms with E-state index in [0.29, 0.717) is 0 Å². The Morgan fingerprint density at radius 1 is 0.571 bits per heavy atom. The van der Waals surface area contributed by atoms with E-state index in [1.165, 1.54) is 67.2 Å². The van der Waals surface area contributed by atoms with E-state index in [-0.39, 0.29) is 0 Å². The molecule has 0 aromatic carbocycles. The van der Waals surface area contributed by atoms with Crippen LogP contribution in [0.25, 0.3) is 0 Å². The van der Waals surface area contributed by atoms with Gasteiger partial charge in [0.2, 0.25) is 0 Å². The lowest BCUT2D eigenvalue weighted by atomic mass is 10.1. The third kappa shape index (κ3) is 13.7. The molecule has 0 fully saturated rings. The summed E-state index contributed by atoms with van der Waals surface area (Å²) in [5.74, 6) is 0. The monoisotopic (exact) mass is 288 g/mol. The molecule has 0 atom stereocenters. The molecule has 0 bridgehead atoms. The number of hydrogen-bond donors (Lipinski definition) is 0. The molecule has 0 saturated carbocycles. The zero-order chi connectivity index (χ0) is 16.1. The fourth-order valence-electron chi connectivity index (χ4n) is 2.14. The van der Waals surface area contributed by atoms with Crippen molar-refractivity contribution in [2.45, 2.75) is 86.5 Å². The first kappa shape index (κ1) is 20.0. The molecule has 0 nitrogen and oxygen atoms in total. The van der Waals surface area contributed by atoms with Crippen LogP contribution in [0.15, 0.2) is 46.6 Å². The Morgan fingerprint density at radius 3 is 1.43 bits per heavy atom. The van der Waals surface area contributed by atoms with Crippen molar-refractivity contribution in [3.05, 3.63) is 46.6 Å². The van der Waals surface area contributed by atoms with E-state index in [9.17, 15) is 0 Å². The summed E-state index contributed by atoms with van der Waals surface area (Å²) >= 11 is 0. The van der Waals surface area contributed by atoms with Gasteiger partial charge in [-0.3, -0.25) is 0 Å². The second-order valence-corrected chi connectivity index (χ2v) is 6.44. The Balaban J connectivity index is 3.90. The summed E-state index contributed by atoms with van der Waals surface area (Å²) in [6.07, 6.45) is 17.9. The number of allylic oxidation sites excluding steroid dienone is 8. The molecule has 120 valence electrons. The molecule has 0 aromatic heterocycles. The predicted molar refractivity (Wildman–Crippen MR) is 98.7 cm³/mol. The SMILES string of the molecule is CC/C(C)=C/CC/C(C)=C/CC/C=C(\C)CCC=C(C)C. The van der Waals surface area contributed by atoms with Crippen LogP contribution in [0, 0.1) is 0 Å². The van der Waals surface area contributed by atoms with Crippen molar-refractivity contribution < 1.29 is 0 Å². The standard InChI is InChI=1S/C21H36/c1-7-19(4)15-11-17-21(6)14-9-8-13-20(5)16-10-12-18(2)3/h12-15H,7-11,16-17H2,1-6H3/b19-15+,20-13+,21-14+. The smallest absolute Gasteiger partial charge is 0.0288 e. The van der Waals surface area contributed by atoms with Crippen LogP contribution in [0.3, 0.4) is 0 Å². The summed E-state index contributed by atoms with van der Waals surface area (Å²) < 4.78 is 0. The van der Waals surface area contributed by atoms with Crippen LogP contribution < -0.4 is 0 Å². The van der Waals surface area contributed by atoms with Gasteiger partial charge in [-0.1, -0.05) is 53.5 Å². The normalized spacial score (nSPS) is 13.5. The highest BCUT2D eigenvalue weighted by Crippen LogP contribution is 2.12. The van der Waals surface area contributed by atoms with E-state index in [2.05, 4.69) is 65.8 Å². The molecule has 21 heavy (non-hydrogen) atoms. The van der Waals surface area contributed by atoms with Gasteiger partial charge >= 0.3 is 0 Å². The van der Waals surface area contributed by atoms with Crippen LogP contribution in [0.2, 0.25) is 0 Å². The minimum atomic E-state index is 1.18. The summed E-state index contributed by atoms with van der Waals surface area (Å²) in [5, 5.41) is 0. The number of unbranched alkanes of at least 4 members (excludes halogenated alkanes) is 1. The van der Waals surface area contributed by atoms with Gasteiger partial charge in [0.25, 0.3) is 0 Å². The molecule has 0 aromatic rings. The first-order valence-electron chi connectivity index (χ1n) is 8.56. The predicted octanol–water partition coefficient (Wildman–Crippen LogP) is 7.54. The van der Waals surface area contributed by atoms with E-state index in [1.807, 2.05) is 0 Å². The molecule has 0 N–H and O–H groups in total. The Bertz CT molecular complexity index is 384. The van der Waals surface area contributed by atoms with Gasteiger partial charge in [-0.05, 0) is 79.6 Å². The summed E-state index contributed by atoms with van der Waals surface area (Å²) in [5.41, 5.74) is 6.00. The third-order valence-electron chi connectivity index (χ3n) is 3.83. The zero-order valence-corrected chi connectivity index (χ0v) is 15.3. The molecule has 0 spiro atoms. The van der Waals surface area contributed by atoms with Crippen molar-refractivity contribution in [2.75, 3.05) is 0 Å². The molecule has 0 heteroatoms. The number of hydrogen-bond acceptors (Lipinski definition) is 0. The van der Waals surface area contributed by atoms with Crippen LogP contribution in [0.4, 0.5) is 0 Å². The van der Waals surface area contributed by atoms with Crippen molar-refractivity contribution in [1.29, 1.82) is 0 Å². The summed E-state index contributed by atoms with van der Waals surface area (Å²) in [6.45, 7) is 13.3. The van der Waals surface area contributed by atoms with Crippen LogP contribution in [0.5, 0.6) is 0 Å². The summed E-state index contributed by atoms with van der Waals surface area (Å²) in [6, 6.07) is 0. The van der Waals surface area contributed by atoms with Gasteiger partial charge in [0.1, 0.15) is 0 Å². The lowest BCUT2D eigenvalue weighted by molar-refractivity contribution is 0.912. The van der Waals surface area contributed by atoms with E-state index in [0.717, 1.165) is 0 Å². The Kier molecular flexibility index (Phi) is 12.1. The Hall–Kier alpha value is -1.04. The molecule has 0 aliphatic carbocycles. The topological polar surface area (TPSA) is 0 Å². The van der Waals surface area contributed by atoms with Gasteiger partial charge in [0.05, 0.1) is 0 Å². The fourth-order valence-corrected chi connectivity index (χ4v) is 2.14. The van der Waals surface area contributed by atoms with Gasteiger partial charge in [-0.2, -0.15) is 0 Å². The van der Waals surface area contributed by atoms with E-state index < -0.39 is 0 Å². The molecular weight excluding hydrogens is 252 g/mol. The van der Waals surface area contributed by atoms with Crippen molar-refractivity contribution in [1.82, 2.24) is 0 Å². The minimum Gasteiger partial charge on any atom is -0.0856 e. The average molecular weight is 289 g/mol. The van der Waals surface area contributed by atoms with Crippen LogP contribution in [0.1, 0.15) is 86.5 Å². The van der Waals surface area contributed by atoms with E-state index in [4.69, 9.17) is 0 Å². The van der Waals surface area contributed by atoms with Crippen LogP contribution in [-0.2, 0) is 0 Å². The largest absolute Gasteiger partial charge is 0.0856 e. The third-order valence-corrected chi connectivity index (χ3v) is 3.83. The highest BCUT2D eigenvalue weighted by molar-refractivity contribution is 5.06. The second-order valence-electron chi connectivity index (χ2n) is 6.44. The first-order valence-corrected chi connectivity index (χ1v) is 8.56. The Labute approximate surface area is 133 Å². The van der Waals surface area contributed by atoms with Crippen LogP contribution in [-0.4, -0.2) is 0 Å². The van der Waals surface area contributed by atoms with Gasteiger partial charge < -0.3 is 0 Å². The lowest BCUT2D eigenvalue weighted by Crippen LogP contribution is -1.80. The van der Waals surface area contributed by atoms with Crippen molar-refractivity contribution in [3.8, 4) is 0 Å². The van der Waals surface area contributed by atoms with Crippen molar-refractivity contribution >= 4 is 0 Å². The molecular formula is C21H36. The lowest BCUT2D eigenvalue weighted by Gasteiger charge is -2.01. The highest BCUT2D eigenvalue weighted by atomic mass is 14.0. The zero-order valence-electron chi connectivity index (χ0n) is 15.3. The molecule has 0 unspecified atom stereocenters. The molecule has 0 aliphatic rings. The Morgan fingerprint density at radius 2 is 1.00 bits per heavy atom. The minimum absolute atomic E-state index is 1.18. The molecule has 0 heterocycles. The molecule has 0 amide bonds.